The lowest BCUT2D eigenvalue weighted by Crippen LogP contribution is -2.36. The molecular weight excluding hydrogens is 566 g/mol. The molecule has 44 heavy (non-hydrogen) atoms. The fourth-order valence-corrected chi connectivity index (χ4v) is 5.69. The lowest BCUT2D eigenvalue weighted by Gasteiger charge is -2.37. The van der Waals surface area contributed by atoms with Gasteiger partial charge in [0.15, 0.2) is 28.8 Å². The maximum Gasteiger partial charge on any atom is 0.336 e. The molecule has 2 aliphatic rings. The highest BCUT2D eigenvalue weighted by molar-refractivity contribution is 6.04. The first kappa shape index (κ1) is 32.6. The van der Waals surface area contributed by atoms with Crippen molar-refractivity contribution in [2.75, 3.05) is 34.0 Å². The van der Waals surface area contributed by atoms with Crippen LogP contribution in [0.25, 0.3) is 0 Å². The van der Waals surface area contributed by atoms with Gasteiger partial charge in [-0.25, -0.2) is 4.79 Å². The Balaban J connectivity index is 1.77. The summed E-state index contributed by atoms with van der Waals surface area (Å²) in [6, 6.07) is 10.8. The summed E-state index contributed by atoms with van der Waals surface area (Å²) in [6.07, 6.45) is 0.774. The third-order valence-corrected chi connectivity index (χ3v) is 7.55. The predicted molar refractivity (Wildman–Crippen MR) is 163 cm³/mol. The van der Waals surface area contributed by atoms with Crippen LogP contribution in [0.15, 0.2) is 58.9 Å². The summed E-state index contributed by atoms with van der Waals surface area (Å²) in [6.45, 7) is 9.39. The first-order valence-corrected chi connectivity index (χ1v) is 14.8. The Bertz CT molecular complexity index is 1470. The summed E-state index contributed by atoms with van der Waals surface area (Å²) in [5.41, 5.74) is 3.74. The number of ketones is 1. The molecule has 2 aromatic rings. The van der Waals surface area contributed by atoms with Crippen molar-refractivity contribution in [3.05, 3.63) is 70.1 Å². The van der Waals surface area contributed by atoms with Gasteiger partial charge in [-0.3, -0.25) is 9.59 Å². The van der Waals surface area contributed by atoms with Crippen LogP contribution in [0.4, 0.5) is 0 Å². The van der Waals surface area contributed by atoms with E-state index in [0.717, 1.165) is 11.3 Å². The molecule has 1 aliphatic carbocycles. The number of benzene rings is 2. The Morgan fingerprint density at radius 2 is 1.61 bits per heavy atom. The lowest BCUT2D eigenvalue weighted by molar-refractivity contribution is -0.141. The van der Waals surface area contributed by atoms with Gasteiger partial charge < -0.3 is 33.7 Å². The van der Waals surface area contributed by atoms with Crippen LogP contribution in [0.1, 0.15) is 70.4 Å². The van der Waals surface area contributed by atoms with E-state index in [0.29, 0.717) is 52.7 Å². The number of dihydropyridines is 1. The summed E-state index contributed by atoms with van der Waals surface area (Å²) in [4.78, 5) is 39.4. The Labute approximate surface area is 258 Å². The molecule has 0 unspecified atom stereocenters. The van der Waals surface area contributed by atoms with Crippen molar-refractivity contribution in [1.82, 2.24) is 5.32 Å². The maximum atomic E-state index is 14.1. The second-order valence-electron chi connectivity index (χ2n) is 10.9. The van der Waals surface area contributed by atoms with Crippen LogP contribution in [-0.4, -0.2) is 57.9 Å². The number of allylic oxidation sites excluding steroid dienone is 3. The summed E-state index contributed by atoms with van der Waals surface area (Å²) in [5, 5.41) is 3.37. The van der Waals surface area contributed by atoms with Gasteiger partial charge in [-0.05, 0) is 75.4 Å². The molecule has 0 saturated heterocycles. The highest BCUT2D eigenvalue weighted by atomic mass is 16.6. The molecule has 0 aromatic heterocycles. The molecular formula is C34H41NO9. The van der Waals surface area contributed by atoms with Crippen LogP contribution < -0.4 is 24.3 Å². The molecule has 2 atom stereocenters. The summed E-state index contributed by atoms with van der Waals surface area (Å²) < 4.78 is 33.2. The number of methoxy groups -OCH3 is 2. The first-order valence-electron chi connectivity index (χ1n) is 14.8. The van der Waals surface area contributed by atoms with E-state index < -0.39 is 17.9 Å². The minimum absolute atomic E-state index is 0.00217. The Kier molecular flexibility index (Phi) is 10.7. The smallest absolute Gasteiger partial charge is 0.336 e. The minimum Gasteiger partial charge on any atom is -0.493 e. The van der Waals surface area contributed by atoms with E-state index in [4.69, 9.17) is 28.4 Å². The van der Waals surface area contributed by atoms with Crippen LogP contribution in [-0.2, 0) is 23.9 Å². The Morgan fingerprint density at radius 3 is 2.27 bits per heavy atom. The molecule has 4 rings (SSSR count). The van der Waals surface area contributed by atoms with Crippen molar-refractivity contribution >= 4 is 17.7 Å². The molecule has 1 heterocycles. The molecule has 0 spiro atoms. The highest BCUT2D eigenvalue weighted by Crippen LogP contribution is 2.47. The lowest BCUT2D eigenvalue weighted by atomic mass is 9.71. The van der Waals surface area contributed by atoms with Crippen molar-refractivity contribution < 1.29 is 42.8 Å². The maximum absolute atomic E-state index is 14.1. The normalized spacial score (nSPS) is 18.0. The number of rotatable bonds is 12. The number of Topliss-reactive ketones (excluding diaryl/α,β-unsaturated/α-hetero) is 1. The molecule has 1 N–H and O–H groups in total. The van der Waals surface area contributed by atoms with Crippen LogP contribution >= 0.6 is 0 Å². The van der Waals surface area contributed by atoms with Crippen molar-refractivity contribution in [2.24, 2.45) is 0 Å². The molecule has 1 aliphatic heterocycles. The van der Waals surface area contributed by atoms with Crippen molar-refractivity contribution in [2.45, 2.75) is 65.4 Å². The fraction of sp³-hybridized carbons (Fsp3) is 0.441. The van der Waals surface area contributed by atoms with E-state index >= 15 is 0 Å². The van der Waals surface area contributed by atoms with Crippen molar-refractivity contribution in [3.8, 4) is 23.0 Å². The van der Waals surface area contributed by atoms with Crippen LogP contribution in [0.3, 0.4) is 0 Å². The number of nitrogens with one attached hydrogen (secondary N) is 1. The number of esters is 2. The number of hydrogen-bond donors (Lipinski definition) is 1. The van der Waals surface area contributed by atoms with Gasteiger partial charge in [-0.1, -0.05) is 12.1 Å². The second-order valence-corrected chi connectivity index (χ2v) is 10.9. The molecule has 0 radical (unpaired) electrons. The predicted octanol–water partition coefficient (Wildman–Crippen LogP) is 5.36. The minimum atomic E-state index is -0.728. The third-order valence-electron chi connectivity index (χ3n) is 7.55. The van der Waals surface area contributed by atoms with Crippen molar-refractivity contribution in [1.29, 1.82) is 0 Å². The SMILES string of the molecule is CCOc1cc([C@H]2C(C(=O)OCCOC(C)C)=C(C)NC3=C2C(=O)C[C@H](c2ccc(OC)c(OC)c2)C3)ccc1OC(C)=O. The standard InChI is InChI=1S/C34H41NO9/c1-8-41-30-18-23(10-12-28(30)44-21(5)36)32-31(34(38)43-14-13-42-19(2)3)20(4)35-25-15-24(16-26(37)33(25)32)22-9-11-27(39-6)29(17-22)40-7/h9-12,17-19,24,32,35H,8,13-16H2,1-7H3/t24-,32+/m1/s1. The van der Waals surface area contributed by atoms with Gasteiger partial charge in [0.1, 0.15) is 6.61 Å². The zero-order chi connectivity index (χ0) is 32.0. The van der Waals surface area contributed by atoms with Crippen LogP contribution in [0.5, 0.6) is 23.0 Å². The molecule has 0 saturated carbocycles. The number of carbonyl (C=O) groups excluding carboxylic acids is 3. The summed E-state index contributed by atoms with van der Waals surface area (Å²) >= 11 is 0. The van der Waals surface area contributed by atoms with Gasteiger partial charge in [0.25, 0.3) is 0 Å². The van der Waals surface area contributed by atoms with E-state index in [1.807, 2.05) is 39.0 Å². The van der Waals surface area contributed by atoms with Crippen LogP contribution in [0, 0.1) is 0 Å². The topological polar surface area (TPSA) is 119 Å². The monoisotopic (exact) mass is 607 g/mol. The first-order chi connectivity index (χ1) is 21.1. The fourth-order valence-electron chi connectivity index (χ4n) is 5.69. The van der Waals surface area contributed by atoms with Crippen LogP contribution in [0.2, 0.25) is 0 Å². The molecule has 0 bridgehead atoms. The number of hydrogen-bond acceptors (Lipinski definition) is 10. The molecule has 0 amide bonds. The molecule has 2 aromatic carbocycles. The molecule has 236 valence electrons. The van der Waals surface area contributed by atoms with Gasteiger partial charge in [0.05, 0.1) is 39.1 Å². The number of carbonyl (C=O) groups is 3. The average Bonchev–Trinajstić information content (AvgIpc) is 2.98. The number of ether oxygens (including phenoxy) is 6. The van der Waals surface area contributed by atoms with E-state index in [1.165, 1.54) is 6.92 Å². The molecule has 10 heteroatoms. The molecule has 10 nitrogen and oxygen atoms in total. The van der Waals surface area contributed by atoms with Gasteiger partial charge >= 0.3 is 11.9 Å². The van der Waals surface area contributed by atoms with Crippen molar-refractivity contribution in [3.63, 3.8) is 0 Å². The largest absolute Gasteiger partial charge is 0.493 e. The van der Waals surface area contributed by atoms with Gasteiger partial charge in [-0.15, -0.1) is 0 Å². The van der Waals surface area contributed by atoms with E-state index in [2.05, 4.69) is 5.32 Å². The van der Waals surface area contributed by atoms with Gasteiger partial charge in [0.2, 0.25) is 0 Å². The average molecular weight is 608 g/mol. The Hall–Kier alpha value is -4.31. The summed E-state index contributed by atoms with van der Waals surface area (Å²) in [7, 11) is 3.16. The van der Waals surface area contributed by atoms with E-state index in [9.17, 15) is 14.4 Å². The molecule has 0 fully saturated rings. The zero-order valence-electron chi connectivity index (χ0n) is 26.4. The van der Waals surface area contributed by atoms with E-state index in [-0.39, 0.29) is 43.2 Å². The third kappa shape index (κ3) is 7.24. The Morgan fingerprint density at radius 1 is 0.932 bits per heavy atom. The van der Waals surface area contributed by atoms with E-state index in [1.54, 1.807) is 39.3 Å². The quantitative estimate of drug-likeness (QED) is 0.192. The zero-order valence-corrected chi connectivity index (χ0v) is 26.4. The summed E-state index contributed by atoms with van der Waals surface area (Å²) in [5.74, 6) is -0.181. The van der Waals surface area contributed by atoms with Gasteiger partial charge in [0, 0.05) is 36.2 Å². The highest BCUT2D eigenvalue weighted by Gasteiger charge is 2.42. The van der Waals surface area contributed by atoms with Gasteiger partial charge in [-0.2, -0.15) is 0 Å². The second kappa shape index (κ2) is 14.4.